The fraction of sp³-hybridized carbons (Fsp3) is 0.222. The van der Waals surface area contributed by atoms with Gasteiger partial charge < -0.3 is 15.0 Å². The van der Waals surface area contributed by atoms with Gasteiger partial charge in [-0.3, -0.25) is 0 Å². The van der Waals surface area contributed by atoms with Gasteiger partial charge >= 0.3 is 5.97 Å². The number of aromatic nitrogens is 3. The molecule has 0 radical (unpaired) electrons. The Hall–Kier alpha value is -2.11. The van der Waals surface area contributed by atoms with Crippen LogP contribution < -0.4 is 5.73 Å². The van der Waals surface area contributed by atoms with Crippen molar-refractivity contribution in [3.63, 3.8) is 0 Å². The Morgan fingerprint density at radius 3 is 2.93 bits per heavy atom. The Labute approximate surface area is 85.7 Å². The average Bonchev–Trinajstić information content (AvgIpc) is 2.52. The van der Waals surface area contributed by atoms with E-state index in [9.17, 15) is 4.79 Å². The number of fused-ring (bicyclic) bond motifs is 1. The highest BCUT2D eigenvalue weighted by Crippen LogP contribution is 2.25. The number of nitrogen functional groups attached to an aromatic ring is 1. The molecule has 2 heterocycles. The highest BCUT2D eigenvalue weighted by Gasteiger charge is 2.20. The molecule has 2 aromatic rings. The quantitative estimate of drug-likeness (QED) is 0.680. The van der Waals surface area contributed by atoms with Crippen molar-refractivity contribution in [2.75, 3.05) is 12.8 Å². The van der Waals surface area contributed by atoms with E-state index < -0.39 is 5.97 Å². The molecule has 0 aliphatic heterocycles. The van der Waals surface area contributed by atoms with Crippen molar-refractivity contribution in [2.24, 2.45) is 7.05 Å². The Kier molecular flexibility index (Phi) is 2.03. The van der Waals surface area contributed by atoms with Crippen LogP contribution in [0.3, 0.4) is 0 Å². The highest BCUT2D eigenvalue weighted by molar-refractivity contribution is 6.04. The largest absolute Gasteiger partial charge is 0.464 e. The standard InChI is InChI=1S/C9H10N4O2/c1-13-7(9(14)15-2)6(10)5-3-11-4-12-8(5)13/h3-4H,10H2,1-2H3. The number of methoxy groups -OCH3 is 1. The normalized spacial score (nSPS) is 10.5. The molecule has 0 aliphatic rings. The summed E-state index contributed by atoms with van der Waals surface area (Å²) in [5.74, 6) is -0.479. The van der Waals surface area contributed by atoms with Gasteiger partial charge in [-0.1, -0.05) is 0 Å². The molecule has 0 spiro atoms. The maximum atomic E-state index is 11.5. The monoisotopic (exact) mass is 206 g/mol. The first-order valence-electron chi connectivity index (χ1n) is 4.29. The second-order valence-corrected chi connectivity index (χ2v) is 3.07. The van der Waals surface area contributed by atoms with E-state index in [0.717, 1.165) is 0 Å². The summed E-state index contributed by atoms with van der Waals surface area (Å²) in [7, 11) is 3.02. The first-order chi connectivity index (χ1) is 7.16. The number of nitrogens with two attached hydrogens (primary N) is 1. The van der Waals surface area contributed by atoms with Crippen LogP contribution in [0.25, 0.3) is 11.0 Å². The van der Waals surface area contributed by atoms with Crippen LogP contribution in [0.5, 0.6) is 0 Å². The summed E-state index contributed by atoms with van der Waals surface area (Å²) in [6, 6.07) is 0. The molecule has 0 aliphatic carbocycles. The van der Waals surface area contributed by atoms with Crippen molar-refractivity contribution in [1.29, 1.82) is 0 Å². The third-order valence-corrected chi connectivity index (χ3v) is 2.27. The number of carbonyl (C=O) groups excluding carboxylic acids is 1. The zero-order valence-corrected chi connectivity index (χ0v) is 8.39. The molecular weight excluding hydrogens is 196 g/mol. The second kappa shape index (κ2) is 3.23. The molecule has 0 saturated carbocycles. The summed E-state index contributed by atoms with van der Waals surface area (Å²) in [4.78, 5) is 19.4. The van der Waals surface area contributed by atoms with Gasteiger partial charge in [-0.05, 0) is 0 Å². The van der Waals surface area contributed by atoms with Crippen molar-refractivity contribution < 1.29 is 9.53 Å². The van der Waals surface area contributed by atoms with Crippen molar-refractivity contribution in [3.05, 3.63) is 18.2 Å². The minimum absolute atomic E-state index is 0.299. The molecule has 78 valence electrons. The van der Waals surface area contributed by atoms with Crippen molar-refractivity contribution in [3.8, 4) is 0 Å². The molecule has 0 fully saturated rings. The minimum Gasteiger partial charge on any atom is -0.464 e. The predicted molar refractivity (Wildman–Crippen MR) is 54.3 cm³/mol. The third-order valence-electron chi connectivity index (χ3n) is 2.27. The predicted octanol–water partition coefficient (Wildman–Crippen LogP) is 0.337. The van der Waals surface area contributed by atoms with Crippen molar-refractivity contribution in [2.45, 2.75) is 0 Å². The van der Waals surface area contributed by atoms with Gasteiger partial charge in [0, 0.05) is 13.2 Å². The lowest BCUT2D eigenvalue weighted by Gasteiger charge is -2.01. The molecule has 6 nitrogen and oxygen atoms in total. The molecule has 0 atom stereocenters. The molecule has 0 saturated heterocycles. The first-order valence-corrected chi connectivity index (χ1v) is 4.29. The number of aryl methyl sites for hydroxylation is 1. The van der Waals surface area contributed by atoms with E-state index in [4.69, 9.17) is 5.73 Å². The summed E-state index contributed by atoms with van der Waals surface area (Å²) in [6.07, 6.45) is 2.98. The van der Waals surface area contributed by atoms with Gasteiger partial charge in [0.2, 0.25) is 0 Å². The molecule has 6 heteroatoms. The van der Waals surface area contributed by atoms with Gasteiger partial charge in [-0.25, -0.2) is 14.8 Å². The van der Waals surface area contributed by atoms with Crippen LogP contribution in [-0.4, -0.2) is 27.6 Å². The number of ether oxygens (including phenoxy) is 1. The molecule has 2 aromatic heterocycles. The summed E-state index contributed by atoms with van der Waals surface area (Å²) in [6.45, 7) is 0. The molecule has 2 rings (SSSR count). The zero-order valence-electron chi connectivity index (χ0n) is 8.39. The maximum absolute atomic E-state index is 11.5. The molecule has 0 unspecified atom stereocenters. The van der Waals surface area contributed by atoms with Crippen molar-refractivity contribution >= 4 is 22.7 Å². The van der Waals surface area contributed by atoms with Crippen LogP contribution >= 0.6 is 0 Å². The number of hydrogen-bond acceptors (Lipinski definition) is 5. The number of esters is 1. The molecule has 0 amide bonds. The van der Waals surface area contributed by atoms with Gasteiger partial charge in [-0.2, -0.15) is 0 Å². The van der Waals surface area contributed by atoms with Crippen LogP contribution in [0.1, 0.15) is 10.5 Å². The van der Waals surface area contributed by atoms with Crippen molar-refractivity contribution in [1.82, 2.24) is 14.5 Å². The van der Waals surface area contributed by atoms with Crippen LogP contribution in [-0.2, 0) is 11.8 Å². The van der Waals surface area contributed by atoms with Gasteiger partial charge in [0.05, 0.1) is 18.2 Å². The highest BCUT2D eigenvalue weighted by atomic mass is 16.5. The lowest BCUT2D eigenvalue weighted by Crippen LogP contribution is -2.09. The summed E-state index contributed by atoms with van der Waals surface area (Å²) in [5, 5.41) is 0.653. The molecule has 0 bridgehead atoms. The lowest BCUT2D eigenvalue weighted by molar-refractivity contribution is 0.0591. The van der Waals surface area contributed by atoms with E-state index in [-0.39, 0.29) is 0 Å². The fourth-order valence-electron chi connectivity index (χ4n) is 1.54. The molecule has 15 heavy (non-hydrogen) atoms. The number of nitrogens with zero attached hydrogens (tertiary/aromatic N) is 3. The van der Waals surface area contributed by atoms with Crippen LogP contribution in [0.2, 0.25) is 0 Å². The van der Waals surface area contributed by atoms with E-state index in [1.165, 1.54) is 13.4 Å². The number of rotatable bonds is 1. The van der Waals surface area contributed by atoms with Gasteiger partial charge in [0.1, 0.15) is 12.0 Å². The SMILES string of the molecule is COC(=O)c1c(N)c2cncnc2n1C. The second-order valence-electron chi connectivity index (χ2n) is 3.07. The Morgan fingerprint density at radius 2 is 2.33 bits per heavy atom. The van der Waals surface area contributed by atoms with E-state index in [1.54, 1.807) is 17.8 Å². The topological polar surface area (TPSA) is 83.0 Å². The number of anilines is 1. The Balaban J connectivity index is 2.81. The maximum Gasteiger partial charge on any atom is 0.356 e. The Morgan fingerprint density at radius 1 is 1.60 bits per heavy atom. The number of hydrogen-bond donors (Lipinski definition) is 1. The summed E-state index contributed by atoms with van der Waals surface area (Å²) in [5.41, 5.74) is 7.07. The lowest BCUT2D eigenvalue weighted by atomic mass is 10.3. The molecule has 2 N–H and O–H groups in total. The number of carbonyl (C=O) groups is 1. The van der Waals surface area contributed by atoms with Gasteiger partial charge in [0.15, 0.2) is 5.69 Å². The smallest absolute Gasteiger partial charge is 0.356 e. The van der Waals surface area contributed by atoms with E-state index in [2.05, 4.69) is 14.7 Å². The third kappa shape index (κ3) is 1.22. The fourth-order valence-corrected chi connectivity index (χ4v) is 1.54. The van der Waals surface area contributed by atoms with Crippen LogP contribution in [0, 0.1) is 0 Å². The van der Waals surface area contributed by atoms with Gasteiger partial charge in [0.25, 0.3) is 0 Å². The van der Waals surface area contributed by atoms with E-state index in [1.807, 2.05) is 0 Å². The molecule has 0 aromatic carbocycles. The van der Waals surface area contributed by atoms with Crippen LogP contribution in [0.15, 0.2) is 12.5 Å². The zero-order chi connectivity index (χ0) is 11.0. The molecular formula is C9H10N4O2. The summed E-state index contributed by atoms with van der Waals surface area (Å²) >= 11 is 0. The first kappa shape index (κ1) is 9.45. The minimum atomic E-state index is -0.479. The van der Waals surface area contributed by atoms with E-state index in [0.29, 0.717) is 22.4 Å². The average molecular weight is 206 g/mol. The van der Waals surface area contributed by atoms with Crippen LogP contribution in [0.4, 0.5) is 5.69 Å². The van der Waals surface area contributed by atoms with Gasteiger partial charge in [-0.15, -0.1) is 0 Å². The Bertz CT molecular complexity index is 493. The van der Waals surface area contributed by atoms with E-state index >= 15 is 0 Å². The summed E-state index contributed by atoms with van der Waals surface area (Å²) < 4.78 is 6.23.